The third-order valence-corrected chi connectivity index (χ3v) is 2.29. The fourth-order valence-corrected chi connectivity index (χ4v) is 1.54. The molecule has 0 aliphatic carbocycles. The van der Waals surface area contributed by atoms with Gasteiger partial charge in [-0.25, -0.2) is 9.59 Å². The van der Waals surface area contributed by atoms with E-state index < -0.39 is 17.2 Å². The maximum absolute atomic E-state index is 11.9. The van der Waals surface area contributed by atoms with Crippen molar-refractivity contribution in [1.29, 1.82) is 0 Å². The van der Waals surface area contributed by atoms with Crippen molar-refractivity contribution in [2.45, 2.75) is 20.0 Å². The molecule has 0 spiro atoms. The van der Waals surface area contributed by atoms with E-state index in [0.29, 0.717) is 0 Å². The summed E-state index contributed by atoms with van der Waals surface area (Å²) in [6, 6.07) is 0. The van der Waals surface area contributed by atoms with Crippen LogP contribution in [0.25, 0.3) is 0 Å². The Morgan fingerprint density at radius 2 is 2.00 bits per heavy atom. The maximum Gasteiger partial charge on any atom is 0.352 e. The predicted molar refractivity (Wildman–Crippen MR) is 61.3 cm³/mol. The first-order valence-corrected chi connectivity index (χ1v) is 5.12. The van der Waals surface area contributed by atoms with Crippen molar-refractivity contribution in [3.05, 3.63) is 32.1 Å². The summed E-state index contributed by atoms with van der Waals surface area (Å²) in [5.74, 6) is -1.31. The zero-order valence-electron chi connectivity index (χ0n) is 9.98. The van der Waals surface area contributed by atoms with Crippen molar-refractivity contribution in [3.8, 4) is 0 Å². The zero-order chi connectivity index (χ0) is 13.2. The molecule has 17 heavy (non-hydrogen) atoms. The molecule has 2 N–H and O–H groups in total. The molecule has 0 fully saturated rings. The second-order valence-electron chi connectivity index (χ2n) is 3.88. The van der Waals surface area contributed by atoms with Gasteiger partial charge in [-0.15, -0.1) is 0 Å². The largest absolute Gasteiger partial charge is 0.477 e. The lowest BCUT2D eigenvalue weighted by Crippen LogP contribution is -2.40. The molecule has 0 saturated heterocycles. The number of hydrogen-bond acceptors (Lipinski definition) is 4. The number of aromatic amines is 1. The smallest absolute Gasteiger partial charge is 0.352 e. The zero-order valence-corrected chi connectivity index (χ0v) is 9.98. The van der Waals surface area contributed by atoms with E-state index in [2.05, 4.69) is 4.98 Å². The quantitative estimate of drug-likeness (QED) is 0.728. The van der Waals surface area contributed by atoms with Crippen LogP contribution in [0.15, 0.2) is 9.59 Å². The van der Waals surface area contributed by atoms with Crippen LogP contribution in [0.2, 0.25) is 0 Å². The van der Waals surface area contributed by atoms with E-state index in [1.165, 1.54) is 0 Å². The second kappa shape index (κ2) is 4.96. The van der Waals surface area contributed by atoms with Crippen LogP contribution in [0.5, 0.6) is 0 Å². The average molecular weight is 241 g/mol. The minimum Gasteiger partial charge on any atom is -0.477 e. The van der Waals surface area contributed by atoms with Gasteiger partial charge in [0, 0.05) is 13.1 Å². The normalized spacial score (nSPS) is 10.8. The third-order valence-electron chi connectivity index (χ3n) is 2.29. The Hall–Kier alpha value is -1.89. The van der Waals surface area contributed by atoms with Crippen molar-refractivity contribution in [2.24, 2.45) is 0 Å². The lowest BCUT2D eigenvalue weighted by molar-refractivity contribution is 0.0687. The summed E-state index contributed by atoms with van der Waals surface area (Å²) in [7, 11) is 3.43. The van der Waals surface area contributed by atoms with Crippen LogP contribution in [0.1, 0.15) is 23.0 Å². The minimum absolute atomic E-state index is 0.0870. The molecule has 0 atom stereocenters. The van der Waals surface area contributed by atoms with Gasteiger partial charge in [0.2, 0.25) is 0 Å². The Labute approximate surface area is 97.3 Å². The first kappa shape index (κ1) is 13.2. The lowest BCUT2D eigenvalue weighted by Gasteiger charge is -2.12. The number of carboxylic acid groups (broad SMARTS) is 1. The number of carbonyl (C=O) groups is 1. The third kappa shape index (κ3) is 2.62. The van der Waals surface area contributed by atoms with Crippen molar-refractivity contribution in [3.63, 3.8) is 0 Å². The highest BCUT2D eigenvalue weighted by atomic mass is 16.4. The molecule has 1 aromatic heterocycles. The highest BCUT2D eigenvalue weighted by molar-refractivity contribution is 5.86. The maximum atomic E-state index is 11.9. The molecule has 94 valence electrons. The van der Waals surface area contributed by atoms with Gasteiger partial charge >= 0.3 is 11.7 Å². The lowest BCUT2D eigenvalue weighted by atomic mass is 10.2. The molecule has 0 amide bonds. The highest BCUT2D eigenvalue weighted by Crippen LogP contribution is 2.01. The van der Waals surface area contributed by atoms with Crippen LogP contribution in [-0.4, -0.2) is 39.6 Å². The van der Waals surface area contributed by atoms with Gasteiger partial charge in [0.1, 0.15) is 5.69 Å². The summed E-state index contributed by atoms with van der Waals surface area (Å²) in [6.45, 7) is 2.02. The fourth-order valence-electron chi connectivity index (χ4n) is 1.54. The molecule has 0 saturated carbocycles. The Kier molecular flexibility index (Phi) is 3.84. The van der Waals surface area contributed by atoms with Crippen LogP contribution < -0.4 is 11.2 Å². The number of carboxylic acids is 1. The summed E-state index contributed by atoms with van der Waals surface area (Å²) in [5, 5.41) is 8.95. The molecule has 0 aliphatic rings. The van der Waals surface area contributed by atoms with Crippen molar-refractivity contribution in [2.75, 3.05) is 14.1 Å². The first-order valence-electron chi connectivity index (χ1n) is 5.12. The SMILES string of the molecule is CCn1c(=O)[nH]c(C(=O)O)c(CN(C)C)c1=O. The minimum atomic E-state index is -1.31. The number of hydrogen-bond donors (Lipinski definition) is 2. The molecule has 7 nitrogen and oxygen atoms in total. The molecule has 0 aliphatic heterocycles. The predicted octanol–water partition coefficient (Wildman–Crippen LogP) is -0.684. The van der Waals surface area contributed by atoms with E-state index in [-0.39, 0.29) is 24.3 Å². The number of aromatic nitrogens is 2. The molecule has 0 unspecified atom stereocenters. The summed E-state index contributed by atoms with van der Waals surface area (Å²) in [5.41, 5.74) is -1.50. The van der Waals surface area contributed by atoms with Crippen molar-refractivity contribution < 1.29 is 9.90 Å². The molecule has 0 bridgehead atoms. The molecular formula is C10H15N3O4. The Bertz CT molecular complexity index is 541. The van der Waals surface area contributed by atoms with Crippen LogP contribution in [0.3, 0.4) is 0 Å². The van der Waals surface area contributed by atoms with Crippen LogP contribution >= 0.6 is 0 Å². The van der Waals surface area contributed by atoms with Gasteiger partial charge < -0.3 is 15.0 Å². The van der Waals surface area contributed by atoms with Crippen molar-refractivity contribution in [1.82, 2.24) is 14.5 Å². The second-order valence-corrected chi connectivity index (χ2v) is 3.88. The number of nitrogens with zero attached hydrogens (tertiary/aromatic N) is 2. The van der Waals surface area contributed by atoms with E-state index in [1.807, 2.05) is 0 Å². The van der Waals surface area contributed by atoms with Gasteiger partial charge in [-0.2, -0.15) is 0 Å². The number of aromatic carboxylic acids is 1. The van der Waals surface area contributed by atoms with E-state index in [1.54, 1.807) is 25.9 Å². The van der Waals surface area contributed by atoms with E-state index in [4.69, 9.17) is 5.11 Å². The van der Waals surface area contributed by atoms with Crippen molar-refractivity contribution >= 4 is 5.97 Å². The number of nitrogens with one attached hydrogen (secondary N) is 1. The average Bonchev–Trinajstić information content (AvgIpc) is 2.21. The standard InChI is InChI=1S/C10H15N3O4/c1-4-13-8(14)6(5-12(2)3)7(9(15)16)11-10(13)17/h4-5H2,1-3H3,(H,11,17)(H,15,16). The van der Waals surface area contributed by atoms with Gasteiger partial charge in [-0.05, 0) is 21.0 Å². The summed E-state index contributed by atoms with van der Waals surface area (Å²) in [6.07, 6.45) is 0. The van der Waals surface area contributed by atoms with Gasteiger partial charge in [-0.3, -0.25) is 9.36 Å². The van der Waals surface area contributed by atoms with Gasteiger partial charge in [0.25, 0.3) is 5.56 Å². The summed E-state index contributed by atoms with van der Waals surface area (Å²) in [4.78, 5) is 38.3. The Balaban J connectivity index is 3.57. The van der Waals surface area contributed by atoms with Gasteiger partial charge in [-0.1, -0.05) is 0 Å². The van der Waals surface area contributed by atoms with Gasteiger partial charge in [0.15, 0.2) is 0 Å². The molecule has 1 heterocycles. The van der Waals surface area contributed by atoms with Crippen LogP contribution in [-0.2, 0) is 13.1 Å². The van der Waals surface area contributed by atoms with E-state index in [9.17, 15) is 14.4 Å². The summed E-state index contributed by atoms with van der Waals surface area (Å²) >= 11 is 0. The van der Waals surface area contributed by atoms with Gasteiger partial charge in [0.05, 0.1) is 5.56 Å². The van der Waals surface area contributed by atoms with Crippen LogP contribution in [0, 0.1) is 0 Å². The monoisotopic (exact) mass is 241 g/mol. The molecule has 0 radical (unpaired) electrons. The number of rotatable bonds is 4. The fraction of sp³-hybridized carbons (Fsp3) is 0.500. The molecule has 1 rings (SSSR count). The molecule has 7 heteroatoms. The Morgan fingerprint density at radius 3 is 2.41 bits per heavy atom. The number of H-pyrrole nitrogens is 1. The van der Waals surface area contributed by atoms with E-state index >= 15 is 0 Å². The summed E-state index contributed by atoms with van der Waals surface area (Å²) < 4.78 is 0.977. The van der Waals surface area contributed by atoms with E-state index in [0.717, 1.165) is 4.57 Å². The Morgan fingerprint density at radius 1 is 1.41 bits per heavy atom. The van der Waals surface area contributed by atoms with Crippen LogP contribution in [0.4, 0.5) is 0 Å². The molecule has 0 aromatic carbocycles. The highest BCUT2D eigenvalue weighted by Gasteiger charge is 2.18. The molecule has 1 aromatic rings. The topological polar surface area (TPSA) is 95.4 Å². The molecular weight excluding hydrogens is 226 g/mol. The first-order chi connectivity index (χ1) is 7.88.